The van der Waals surface area contributed by atoms with E-state index in [0.717, 1.165) is 72.9 Å². The molecule has 10 heteroatoms. The zero-order chi connectivity index (χ0) is 32.9. The number of anilines is 1. The average molecular weight is 628 g/mol. The van der Waals surface area contributed by atoms with Crippen molar-refractivity contribution in [2.75, 3.05) is 19.5 Å². The summed E-state index contributed by atoms with van der Waals surface area (Å²) in [6.45, 7) is 5.58. The number of pyridine rings is 2. The van der Waals surface area contributed by atoms with E-state index in [1.807, 2.05) is 57.2 Å². The Bertz CT molecular complexity index is 1520. The van der Waals surface area contributed by atoms with E-state index in [1.54, 1.807) is 24.3 Å². The van der Waals surface area contributed by atoms with Crippen molar-refractivity contribution < 1.29 is 23.9 Å². The SMILES string of the molecule is COC(=O)N(C)[C@H]1CC[C@H](CC(=O)Nc2cc(-c3ccccn3)c(-c3ccc(C4(NC(=O)OC(C)(C)C)CCC4)cc3)cn2)CC1. The summed E-state index contributed by atoms with van der Waals surface area (Å²) in [6, 6.07) is 16.0. The first-order valence-electron chi connectivity index (χ1n) is 16.1. The Kier molecular flexibility index (Phi) is 9.94. The number of rotatable bonds is 8. The van der Waals surface area contributed by atoms with Gasteiger partial charge in [-0.1, -0.05) is 30.3 Å². The van der Waals surface area contributed by atoms with Gasteiger partial charge in [0.05, 0.1) is 18.3 Å². The molecule has 2 aromatic heterocycles. The zero-order valence-electron chi connectivity index (χ0n) is 27.5. The van der Waals surface area contributed by atoms with Crippen LogP contribution in [0.25, 0.3) is 22.4 Å². The van der Waals surface area contributed by atoms with Crippen LogP contribution in [0.4, 0.5) is 15.4 Å². The van der Waals surface area contributed by atoms with Gasteiger partial charge in [-0.05, 0) is 101 Å². The van der Waals surface area contributed by atoms with Crippen LogP contribution in [-0.2, 0) is 19.8 Å². The van der Waals surface area contributed by atoms with E-state index >= 15 is 0 Å². The summed E-state index contributed by atoms with van der Waals surface area (Å²) in [5.74, 6) is 0.642. The molecule has 2 N–H and O–H groups in total. The molecule has 2 aliphatic carbocycles. The zero-order valence-corrected chi connectivity index (χ0v) is 27.5. The van der Waals surface area contributed by atoms with Crippen molar-refractivity contribution in [3.05, 3.63) is 66.5 Å². The molecule has 3 amide bonds. The van der Waals surface area contributed by atoms with Crippen LogP contribution in [0.1, 0.15) is 77.7 Å². The summed E-state index contributed by atoms with van der Waals surface area (Å²) >= 11 is 0. The molecule has 1 aromatic carbocycles. The summed E-state index contributed by atoms with van der Waals surface area (Å²) < 4.78 is 10.4. The van der Waals surface area contributed by atoms with Gasteiger partial charge in [0.2, 0.25) is 5.91 Å². The predicted molar refractivity (Wildman–Crippen MR) is 177 cm³/mol. The highest BCUT2D eigenvalue weighted by molar-refractivity contribution is 5.92. The van der Waals surface area contributed by atoms with Gasteiger partial charge < -0.3 is 25.0 Å². The lowest BCUT2D eigenvalue weighted by atomic mass is 9.71. The van der Waals surface area contributed by atoms with Crippen LogP contribution in [0, 0.1) is 5.92 Å². The summed E-state index contributed by atoms with van der Waals surface area (Å²) in [7, 11) is 3.16. The van der Waals surface area contributed by atoms with E-state index in [0.29, 0.717) is 12.2 Å². The molecule has 46 heavy (non-hydrogen) atoms. The fourth-order valence-corrected chi connectivity index (χ4v) is 6.46. The Hall–Kier alpha value is -4.47. The van der Waals surface area contributed by atoms with Crippen molar-refractivity contribution in [3.63, 3.8) is 0 Å². The van der Waals surface area contributed by atoms with Gasteiger partial charge in [-0.2, -0.15) is 0 Å². The second-order valence-corrected chi connectivity index (χ2v) is 13.5. The van der Waals surface area contributed by atoms with Gasteiger partial charge in [0.15, 0.2) is 0 Å². The van der Waals surface area contributed by atoms with Crippen LogP contribution in [0.2, 0.25) is 0 Å². The number of ether oxygens (including phenoxy) is 2. The lowest BCUT2D eigenvalue weighted by molar-refractivity contribution is -0.117. The number of nitrogens with one attached hydrogen (secondary N) is 2. The normalized spacial score (nSPS) is 18.9. The number of carbonyl (C=O) groups is 3. The standard InChI is InChI=1S/C36H45N5O5/c1-35(2,3)46-33(43)40-36(18-8-19-36)26-14-12-25(13-15-26)29-23-38-31(22-28(29)30-9-6-7-20-37-30)39-32(42)21-24-10-16-27(17-11-24)41(4)34(44)45-5/h6-7,9,12-15,20,22-24,27H,8,10-11,16-19,21H2,1-5H3,(H,40,43)(H,38,39,42)/t24-,27-. The Morgan fingerprint density at radius 2 is 1.70 bits per heavy atom. The van der Waals surface area contributed by atoms with Gasteiger partial charge >= 0.3 is 12.2 Å². The maximum Gasteiger partial charge on any atom is 0.409 e. The monoisotopic (exact) mass is 627 g/mol. The van der Waals surface area contributed by atoms with Gasteiger partial charge in [-0.15, -0.1) is 0 Å². The molecular weight excluding hydrogens is 582 g/mol. The summed E-state index contributed by atoms with van der Waals surface area (Å²) in [4.78, 5) is 48.4. The fraction of sp³-hybridized carbons (Fsp3) is 0.472. The molecule has 2 fully saturated rings. The van der Waals surface area contributed by atoms with Crippen LogP contribution in [-0.4, -0.2) is 58.8 Å². The third kappa shape index (κ3) is 7.84. The van der Waals surface area contributed by atoms with Crippen LogP contribution < -0.4 is 10.6 Å². The van der Waals surface area contributed by atoms with Gasteiger partial charge in [-0.25, -0.2) is 14.6 Å². The number of methoxy groups -OCH3 is 1. The van der Waals surface area contributed by atoms with E-state index < -0.39 is 17.2 Å². The molecule has 0 saturated heterocycles. The average Bonchev–Trinajstić information content (AvgIpc) is 3.02. The second-order valence-electron chi connectivity index (χ2n) is 13.5. The smallest absolute Gasteiger partial charge is 0.409 e. The largest absolute Gasteiger partial charge is 0.453 e. The molecule has 244 valence electrons. The highest BCUT2D eigenvalue weighted by Crippen LogP contribution is 2.42. The van der Waals surface area contributed by atoms with Gasteiger partial charge in [0.25, 0.3) is 0 Å². The molecule has 2 heterocycles. The maximum absolute atomic E-state index is 13.1. The molecule has 3 aromatic rings. The third-order valence-electron chi connectivity index (χ3n) is 9.11. The molecule has 0 radical (unpaired) electrons. The first-order valence-corrected chi connectivity index (χ1v) is 16.1. The summed E-state index contributed by atoms with van der Waals surface area (Å²) in [5, 5.41) is 6.13. The Morgan fingerprint density at radius 3 is 2.28 bits per heavy atom. The minimum atomic E-state index is -0.566. The van der Waals surface area contributed by atoms with E-state index in [2.05, 4.69) is 32.7 Å². The lowest BCUT2D eigenvalue weighted by Crippen LogP contribution is -2.52. The third-order valence-corrected chi connectivity index (χ3v) is 9.11. The van der Waals surface area contributed by atoms with Crippen LogP contribution >= 0.6 is 0 Å². The number of carbonyl (C=O) groups excluding carboxylic acids is 3. The van der Waals surface area contributed by atoms with E-state index in [4.69, 9.17) is 9.47 Å². The molecule has 0 spiro atoms. The number of hydrogen-bond acceptors (Lipinski definition) is 7. The molecule has 2 saturated carbocycles. The summed E-state index contributed by atoms with van der Waals surface area (Å²) in [6.07, 6.45) is 9.36. The van der Waals surface area contributed by atoms with Crippen molar-refractivity contribution in [2.24, 2.45) is 5.92 Å². The molecule has 0 unspecified atom stereocenters. The van der Waals surface area contributed by atoms with E-state index in [9.17, 15) is 14.4 Å². The Labute approximate surface area is 271 Å². The van der Waals surface area contributed by atoms with Gasteiger partial charge in [-0.3, -0.25) is 9.78 Å². The first kappa shape index (κ1) is 32.9. The fourth-order valence-electron chi connectivity index (χ4n) is 6.46. The van der Waals surface area contributed by atoms with Crippen LogP contribution in [0.3, 0.4) is 0 Å². The van der Waals surface area contributed by atoms with E-state index in [1.165, 1.54) is 7.11 Å². The minimum Gasteiger partial charge on any atom is -0.453 e. The van der Waals surface area contributed by atoms with Gasteiger partial charge in [0.1, 0.15) is 11.4 Å². The van der Waals surface area contributed by atoms with E-state index in [-0.39, 0.29) is 24.0 Å². The van der Waals surface area contributed by atoms with Crippen molar-refractivity contribution in [3.8, 4) is 22.4 Å². The van der Waals surface area contributed by atoms with Crippen molar-refractivity contribution >= 4 is 23.9 Å². The quantitative estimate of drug-likeness (QED) is 0.269. The maximum atomic E-state index is 13.1. The van der Waals surface area contributed by atoms with Gasteiger partial charge in [0, 0.05) is 43.0 Å². The second kappa shape index (κ2) is 13.9. The van der Waals surface area contributed by atoms with Crippen molar-refractivity contribution in [1.82, 2.24) is 20.2 Å². The molecular formula is C36H45N5O5. The molecule has 10 nitrogen and oxygen atoms in total. The topological polar surface area (TPSA) is 123 Å². The van der Waals surface area contributed by atoms with Crippen molar-refractivity contribution in [2.45, 2.75) is 89.3 Å². The number of amides is 3. The number of nitrogens with zero attached hydrogens (tertiary/aromatic N) is 3. The molecule has 0 aliphatic heterocycles. The van der Waals surface area contributed by atoms with Crippen LogP contribution in [0.15, 0.2) is 60.9 Å². The minimum absolute atomic E-state index is 0.0790. The number of benzene rings is 1. The summed E-state index contributed by atoms with van der Waals surface area (Å²) in [5.41, 5.74) is 3.51. The predicted octanol–water partition coefficient (Wildman–Crippen LogP) is 7.30. The van der Waals surface area contributed by atoms with Crippen LogP contribution in [0.5, 0.6) is 0 Å². The number of aromatic nitrogens is 2. The molecule has 0 bridgehead atoms. The lowest BCUT2D eigenvalue weighted by Gasteiger charge is -2.43. The number of hydrogen-bond donors (Lipinski definition) is 2. The molecule has 5 rings (SSSR count). The highest BCUT2D eigenvalue weighted by atomic mass is 16.6. The molecule has 2 aliphatic rings. The first-order chi connectivity index (χ1) is 22.0. The Balaban J connectivity index is 1.29. The number of alkyl carbamates (subject to hydrolysis) is 1. The Morgan fingerprint density at radius 1 is 0.978 bits per heavy atom. The highest BCUT2D eigenvalue weighted by Gasteiger charge is 2.41. The molecule has 0 atom stereocenters. The van der Waals surface area contributed by atoms with Crippen molar-refractivity contribution in [1.29, 1.82) is 0 Å².